The summed E-state index contributed by atoms with van der Waals surface area (Å²) in [6.45, 7) is 3.47. The van der Waals surface area contributed by atoms with E-state index in [4.69, 9.17) is 0 Å². The topological polar surface area (TPSA) is 113 Å². The number of aliphatic hydroxyl groups is 1. The molecule has 8 nitrogen and oxygen atoms in total. The number of sulfonamides is 1. The molecule has 1 aromatic rings. The Balaban J connectivity index is 3.41. The van der Waals surface area contributed by atoms with Crippen molar-refractivity contribution in [3.63, 3.8) is 0 Å². The van der Waals surface area contributed by atoms with Crippen molar-refractivity contribution in [2.24, 2.45) is 0 Å². The van der Waals surface area contributed by atoms with Gasteiger partial charge in [-0.1, -0.05) is 6.07 Å². The smallest absolute Gasteiger partial charge is 0.312 e. The number of nitro groups is 1. The zero-order chi connectivity index (χ0) is 16.2. The van der Waals surface area contributed by atoms with Gasteiger partial charge < -0.3 is 10.4 Å². The molecule has 0 aromatic heterocycles. The van der Waals surface area contributed by atoms with Crippen LogP contribution < -0.4 is 5.32 Å². The molecule has 0 saturated heterocycles. The number of nitrogens with zero attached hydrogens (tertiary/aromatic N) is 2. The third-order valence-electron chi connectivity index (χ3n) is 2.76. The minimum absolute atomic E-state index is 0.147. The Morgan fingerprint density at radius 2 is 2.10 bits per heavy atom. The molecule has 0 bridgehead atoms. The monoisotopic (exact) mass is 317 g/mol. The van der Waals surface area contributed by atoms with Crippen LogP contribution in [0, 0.1) is 10.1 Å². The van der Waals surface area contributed by atoms with Crippen molar-refractivity contribution in [1.29, 1.82) is 0 Å². The zero-order valence-electron chi connectivity index (χ0n) is 12.1. The molecular weight excluding hydrogens is 298 g/mol. The molecule has 9 heteroatoms. The van der Waals surface area contributed by atoms with Crippen molar-refractivity contribution in [1.82, 2.24) is 4.31 Å². The van der Waals surface area contributed by atoms with Crippen LogP contribution in [0.15, 0.2) is 23.1 Å². The molecular formula is C12H19N3O5S. The average molecular weight is 317 g/mol. The summed E-state index contributed by atoms with van der Waals surface area (Å²) in [7, 11) is -2.79. The molecule has 1 aromatic carbocycles. The number of anilines is 1. The first-order valence-electron chi connectivity index (χ1n) is 6.37. The van der Waals surface area contributed by atoms with Crippen LogP contribution in [0.4, 0.5) is 11.4 Å². The van der Waals surface area contributed by atoms with E-state index in [1.165, 1.54) is 32.2 Å². The highest BCUT2D eigenvalue weighted by molar-refractivity contribution is 7.89. The summed E-state index contributed by atoms with van der Waals surface area (Å²) in [5.74, 6) is 0. The maximum absolute atomic E-state index is 12.4. The molecule has 0 spiro atoms. The van der Waals surface area contributed by atoms with Gasteiger partial charge in [-0.2, -0.15) is 4.31 Å². The number of hydrogen-bond acceptors (Lipinski definition) is 6. The minimum Gasteiger partial charge on any atom is -0.392 e. The lowest BCUT2D eigenvalue weighted by atomic mass is 10.2. The number of aliphatic hydroxyl groups excluding tert-OH is 1. The summed E-state index contributed by atoms with van der Waals surface area (Å²) in [5.41, 5.74) is -0.342. The molecule has 2 N–H and O–H groups in total. The van der Waals surface area contributed by atoms with Crippen molar-refractivity contribution in [3.8, 4) is 0 Å². The lowest BCUT2D eigenvalue weighted by Gasteiger charge is -2.19. The van der Waals surface area contributed by atoms with Gasteiger partial charge in [0.25, 0.3) is 0 Å². The standard InChI is InChI=1S/C12H19N3O5S/c1-4-13-10-6-5-7-11(12(10)15(17)18)21(19,20)14(3)8-9(2)16/h5-7,9,13,16H,4,8H2,1-3H3. The maximum atomic E-state index is 12.4. The molecule has 0 radical (unpaired) electrons. The zero-order valence-corrected chi connectivity index (χ0v) is 12.9. The first kappa shape index (κ1) is 17.3. The van der Waals surface area contributed by atoms with Gasteiger partial charge in [-0.25, -0.2) is 8.42 Å². The van der Waals surface area contributed by atoms with E-state index in [1.54, 1.807) is 6.92 Å². The molecule has 0 fully saturated rings. The molecule has 118 valence electrons. The lowest BCUT2D eigenvalue weighted by Crippen LogP contribution is -2.33. The van der Waals surface area contributed by atoms with Gasteiger partial charge in [0, 0.05) is 20.1 Å². The summed E-state index contributed by atoms with van der Waals surface area (Å²) in [6.07, 6.45) is -0.874. The van der Waals surface area contributed by atoms with Crippen LogP contribution in [0.5, 0.6) is 0 Å². The molecule has 0 aliphatic rings. The van der Waals surface area contributed by atoms with E-state index in [1.807, 2.05) is 0 Å². The van der Waals surface area contributed by atoms with Gasteiger partial charge in [0.2, 0.25) is 10.0 Å². The van der Waals surface area contributed by atoms with Crippen molar-refractivity contribution >= 4 is 21.4 Å². The van der Waals surface area contributed by atoms with Crippen LogP contribution in [0.2, 0.25) is 0 Å². The summed E-state index contributed by atoms with van der Waals surface area (Å²) in [6, 6.07) is 4.08. The first-order valence-corrected chi connectivity index (χ1v) is 7.81. The molecule has 0 saturated carbocycles. The maximum Gasteiger partial charge on any atom is 0.312 e. The average Bonchev–Trinajstić information content (AvgIpc) is 2.37. The number of benzene rings is 1. The fourth-order valence-electron chi connectivity index (χ4n) is 1.89. The third-order valence-corrected chi connectivity index (χ3v) is 4.61. The molecule has 1 rings (SSSR count). The fraction of sp³-hybridized carbons (Fsp3) is 0.500. The summed E-state index contributed by atoms with van der Waals surface area (Å²) >= 11 is 0. The van der Waals surface area contributed by atoms with E-state index in [0.717, 1.165) is 4.31 Å². The van der Waals surface area contributed by atoms with Gasteiger partial charge in [-0.3, -0.25) is 10.1 Å². The van der Waals surface area contributed by atoms with Crippen LogP contribution in [0.1, 0.15) is 13.8 Å². The highest BCUT2D eigenvalue weighted by Crippen LogP contribution is 2.33. The summed E-state index contributed by atoms with van der Waals surface area (Å²) < 4.78 is 25.8. The fourth-order valence-corrected chi connectivity index (χ4v) is 3.32. The Bertz CT molecular complexity index is 615. The van der Waals surface area contributed by atoms with Crippen molar-refractivity contribution in [3.05, 3.63) is 28.3 Å². The number of nitrogens with one attached hydrogen (secondary N) is 1. The molecule has 21 heavy (non-hydrogen) atoms. The van der Waals surface area contributed by atoms with E-state index in [9.17, 15) is 23.6 Å². The number of likely N-dealkylation sites (N-methyl/N-ethyl adjacent to an activating group) is 1. The van der Waals surface area contributed by atoms with Crippen LogP contribution in [-0.4, -0.2) is 49.0 Å². The first-order chi connectivity index (χ1) is 9.71. The predicted octanol–water partition coefficient (Wildman–Crippen LogP) is 1.03. The number of rotatable bonds is 7. The molecule has 0 heterocycles. The van der Waals surface area contributed by atoms with Crippen LogP contribution in [0.25, 0.3) is 0 Å². The van der Waals surface area contributed by atoms with Gasteiger partial charge in [0.15, 0.2) is 4.90 Å². The molecule has 0 amide bonds. The van der Waals surface area contributed by atoms with E-state index >= 15 is 0 Å². The van der Waals surface area contributed by atoms with Gasteiger partial charge in [-0.05, 0) is 26.0 Å². The normalized spacial score (nSPS) is 13.2. The molecule has 0 aliphatic heterocycles. The second-order valence-corrected chi connectivity index (χ2v) is 6.59. The van der Waals surface area contributed by atoms with Crippen LogP contribution >= 0.6 is 0 Å². The lowest BCUT2D eigenvalue weighted by molar-refractivity contribution is -0.386. The second kappa shape index (κ2) is 6.83. The number of para-hydroxylation sites is 1. The van der Waals surface area contributed by atoms with Crippen molar-refractivity contribution in [2.75, 3.05) is 25.5 Å². The molecule has 1 atom stereocenters. The quantitative estimate of drug-likeness (QED) is 0.573. The van der Waals surface area contributed by atoms with Gasteiger partial charge in [0.05, 0.1) is 11.0 Å². The van der Waals surface area contributed by atoms with E-state index < -0.39 is 31.6 Å². The van der Waals surface area contributed by atoms with Crippen LogP contribution in [0.3, 0.4) is 0 Å². The highest BCUT2D eigenvalue weighted by Gasteiger charge is 2.32. The Labute approximate surface area is 123 Å². The Morgan fingerprint density at radius 1 is 1.48 bits per heavy atom. The number of nitro benzene ring substituents is 1. The Kier molecular flexibility index (Phi) is 5.64. The largest absolute Gasteiger partial charge is 0.392 e. The van der Waals surface area contributed by atoms with E-state index in [2.05, 4.69) is 5.32 Å². The van der Waals surface area contributed by atoms with Crippen LogP contribution in [-0.2, 0) is 10.0 Å². The van der Waals surface area contributed by atoms with Gasteiger partial charge >= 0.3 is 5.69 Å². The second-order valence-electron chi connectivity index (χ2n) is 4.57. The SMILES string of the molecule is CCNc1cccc(S(=O)(=O)N(C)CC(C)O)c1[N+](=O)[O-]. The third kappa shape index (κ3) is 3.90. The van der Waals surface area contributed by atoms with Crippen molar-refractivity contribution in [2.45, 2.75) is 24.8 Å². The molecule has 0 aliphatic carbocycles. The minimum atomic E-state index is -4.06. The van der Waals surface area contributed by atoms with E-state index in [0.29, 0.717) is 6.54 Å². The molecule has 1 unspecified atom stereocenters. The van der Waals surface area contributed by atoms with Gasteiger partial charge in [-0.15, -0.1) is 0 Å². The van der Waals surface area contributed by atoms with E-state index in [-0.39, 0.29) is 12.2 Å². The summed E-state index contributed by atoms with van der Waals surface area (Å²) in [4.78, 5) is 10.1. The van der Waals surface area contributed by atoms with Gasteiger partial charge in [0.1, 0.15) is 5.69 Å². The van der Waals surface area contributed by atoms with Crippen molar-refractivity contribution < 1.29 is 18.4 Å². The predicted molar refractivity (Wildman–Crippen MR) is 78.8 cm³/mol. The Hall–Kier alpha value is -1.71. The summed E-state index contributed by atoms with van der Waals surface area (Å²) in [5, 5.41) is 23.3. The Morgan fingerprint density at radius 3 is 2.57 bits per heavy atom. The highest BCUT2D eigenvalue weighted by atomic mass is 32.2. The number of hydrogen-bond donors (Lipinski definition) is 2.